The molecule has 0 saturated heterocycles. The molecule has 1 N–H and O–H groups in total. The van der Waals surface area contributed by atoms with Gasteiger partial charge in [-0.15, -0.1) is 0 Å². The van der Waals surface area contributed by atoms with Crippen LogP contribution in [0.2, 0.25) is 0 Å². The third-order valence-corrected chi connectivity index (χ3v) is 2.96. The van der Waals surface area contributed by atoms with E-state index in [1.54, 1.807) is 0 Å². The average Bonchev–Trinajstić information content (AvgIpc) is 2.54. The number of amides is 1. The van der Waals surface area contributed by atoms with Crippen LogP contribution in [0.3, 0.4) is 0 Å². The van der Waals surface area contributed by atoms with Crippen LogP contribution in [-0.2, 0) is 14.3 Å². The van der Waals surface area contributed by atoms with Gasteiger partial charge in [0.2, 0.25) is 6.41 Å². The number of aryl methyl sites for hydroxylation is 2. The first-order chi connectivity index (χ1) is 10.6. The van der Waals surface area contributed by atoms with Crippen molar-refractivity contribution in [3.8, 4) is 11.1 Å². The third-order valence-electron chi connectivity index (χ3n) is 2.96. The van der Waals surface area contributed by atoms with E-state index in [2.05, 4.69) is 72.4 Å². The van der Waals surface area contributed by atoms with Crippen LogP contribution in [0.25, 0.3) is 11.1 Å². The maximum atomic E-state index is 10.1. The minimum atomic E-state index is -0.447. The second kappa shape index (κ2) is 9.34. The molecule has 0 atom stereocenters. The zero-order valence-corrected chi connectivity index (χ0v) is 13.1. The Morgan fingerprint density at radius 3 is 2.27 bits per heavy atom. The van der Waals surface area contributed by atoms with Crippen molar-refractivity contribution < 1.29 is 14.3 Å². The number of ether oxygens (including phenoxy) is 1. The largest absolute Gasteiger partial charge is 0.468 e. The predicted octanol–water partition coefficient (Wildman–Crippen LogP) is 2.88. The molecule has 4 nitrogen and oxygen atoms in total. The molecular formula is C18H21NO3. The van der Waals surface area contributed by atoms with Gasteiger partial charge in [0, 0.05) is 0 Å². The molecule has 2 aromatic carbocycles. The van der Waals surface area contributed by atoms with Crippen molar-refractivity contribution in [3.05, 3.63) is 59.7 Å². The summed E-state index contributed by atoms with van der Waals surface area (Å²) < 4.78 is 4.19. The van der Waals surface area contributed by atoms with Gasteiger partial charge in [-0.3, -0.25) is 9.59 Å². The molecule has 0 aliphatic rings. The Hall–Kier alpha value is -2.62. The van der Waals surface area contributed by atoms with Crippen molar-refractivity contribution in [1.29, 1.82) is 0 Å². The van der Waals surface area contributed by atoms with Gasteiger partial charge >= 0.3 is 5.97 Å². The molecular weight excluding hydrogens is 278 g/mol. The van der Waals surface area contributed by atoms with Crippen LogP contribution >= 0.6 is 0 Å². The van der Waals surface area contributed by atoms with E-state index in [0.717, 1.165) is 0 Å². The lowest BCUT2D eigenvalue weighted by molar-refractivity contribution is -0.140. The van der Waals surface area contributed by atoms with Crippen LogP contribution in [-0.4, -0.2) is 26.0 Å². The van der Waals surface area contributed by atoms with Crippen LogP contribution in [0.15, 0.2) is 48.5 Å². The topological polar surface area (TPSA) is 55.4 Å². The first kappa shape index (κ1) is 17.4. The summed E-state index contributed by atoms with van der Waals surface area (Å²) in [6, 6.07) is 17.2. The zero-order chi connectivity index (χ0) is 16.4. The Bertz CT molecular complexity index is 606. The van der Waals surface area contributed by atoms with E-state index in [-0.39, 0.29) is 6.54 Å². The third kappa shape index (κ3) is 6.22. The number of rotatable bonds is 4. The number of carbonyl (C=O) groups excluding carboxylic acids is 2. The minimum Gasteiger partial charge on any atom is -0.468 e. The molecule has 0 unspecified atom stereocenters. The summed E-state index contributed by atoms with van der Waals surface area (Å²) in [5, 5.41) is 2.14. The summed E-state index contributed by atoms with van der Waals surface area (Å²) >= 11 is 0. The van der Waals surface area contributed by atoms with Crippen LogP contribution < -0.4 is 5.32 Å². The van der Waals surface area contributed by atoms with Crippen molar-refractivity contribution in [2.24, 2.45) is 0 Å². The molecule has 4 heteroatoms. The highest BCUT2D eigenvalue weighted by Crippen LogP contribution is 2.20. The molecule has 0 aromatic heterocycles. The van der Waals surface area contributed by atoms with Crippen molar-refractivity contribution in [3.63, 3.8) is 0 Å². The van der Waals surface area contributed by atoms with Crippen LogP contribution in [0.1, 0.15) is 11.1 Å². The van der Waals surface area contributed by atoms with E-state index in [1.165, 1.54) is 29.4 Å². The van der Waals surface area contributed by atoms with Gasteiger partial charge < -0.3 is 10.1 Å². The summed E-state index contributed by atoms with van der Waals surface area (Å²) in [6.45, 7) is 4.18. The summed E-state index contributed by atoms with van der Waals surface area (Å²) in [6.07, 6.45) is 0.441. The van der Waals surface area contributed by atoms with E-state index in [9.17, 15) is 9.59 Å². The molecule has 0 fully saturated rings. The molecule has 0 bridgehead atoms. The number of carbonyl (C=O) groups is 2. The maximum absolute atomic E-state index is 10.1. The highest BCUT2D eigenvalue weighted by atomic mass is 16.5. The number of methoxy groups -OCH3 is 1. The van der Waals surface area contributed by atoms with Gasteiger partial charge in [0.1, 0.15) is 6.54 Å². The van der Waals surface area contributed by atoms with E-state index >= 15 is 0 Å². The fourth-order valence-electron chi connectivity index (χ4n) is 1.77. The quantitative estimate of drug-likeness (QED) is 0.697. The fourth-order valence-corrected chi connectivity index (χ4v) is 1.77. The SMILES string of the molecule is COC(=O)CNC=O.Cc1ccc(-c2cccc(C)c2)cc1. The van der Waals surface area contributed by atoms with E-state index in [4.69, 9.17) is 0 Å². The molecule has 22 heavy (non-hydrogen) atoms. The molecule has 0 aliphatic heterocycles. The second-order valence-electron chi connectivity index (χ2n) is 4.81. The smallest absolute Gasteiger partial charge is 0.325 e. The number of hydrogen-bond acceptors (Lipinski definition) is 3. The van der Waals surface area contributed by atoms with Crippen LogP contribution in [0.4, 0.5) is 0 Å². The van der Waals surface area contributed by atoms with E-state index < -0.39 is 5.97 Å². The van der Waals surface area contributed by atoms with Gasteiger partial charge in [-0.1, -0.05) is 59.7 Å². The Kier molecular flexibility index (Phi) is 7.40. The molecule has 0 heterocycles. The standard InChI is InChI=1S/C14H14.C4H7NO3/c1-11-6-8-13(9-7-11)14-5-3-4-12(2)10-14;1-8-4(7)2-5-3-6/h3-10H,1-2H3;3H,2H2,1H3,(H,5,6). The Morgan fingerprint density at radius 2 is 1.73 bits per heavy atom. The lowest BCUT2D eigenvalue weighted by atomic mass is 10.0. The Morgan fingerprint density at radius 1 is 1.05 bits per heavy atom. The van der Waals surface area contributed by atoms with E-state index in [1.807, 2.05) is 0 Å². The first-order valence-electron chi connectivity index (χ1n) is 6.94. The molecule has 0 aliphatic carbocycles. The van der Waals surface area contributed by atoms with Crippen LogP contribution in [0, 0.1) is 13.8 Å². The Labute approximate surface area is 131 Å². The summed E-state index contributed by atoms with van der Waals surface area (Å²) in [5.41, 5.74) is 5.20. The number of esters is 1. The van der Waals surface area contributed by atoms with E-state index in [0.29, 0.717) is 6.41 Å². The lowest BCUT2D eigenvalue weighted by Gasteiger charge is -2.02. The lowest BCUT2D eigenvalue weighted by Crippen LogP contribution is -2.21. The normalized spacial score (nSPS) is 9.23. The molecule has 2 rings (SSSR count). The average molecular weight is 299 g/mol. The van der Waals surface area contributed by atoms with Crippen molar-refractivity contribution in [2.45, 2.75) is 13.8 Å². The summed E-state index contributed by atoms with van der Waals surface area (Å²) in [5.74, 6) is -0.447. The summed E-state index contributed by atoms with van der Waals surface area (Å²) in [7, 11) is 1.26. The molecule has 2 aromatic rings. The van der Waals surface area contributed by atoms with Gasteiger partial charge in [-0.2, -0.15) is 0 Å². The molecule has 0 saturated carbocycles. The summed E-state index contributed by atoms with van der Waals surface area (Å²) in [4.78, 5) is 19.6. The van der Waals surface area contributed by atoms with Gasteiger partial charge in [-0.25, -0.2) is 0 Å². The second-order valence-corrected chi connectivity index (χ2v) is 4.81. The maximum Gasteiger partial charge on any atom is 0.325 e. The molecule has 0 spiro atoms. The monoisotopic (exact) mass is 299 g/mol. The van der Waals surface area contributed by atoms with Gasteiger partial charge in [-0.05, 0) is 25.0 Å². The van der Waals surface area contributed by atoms with Gasteiger partial charge in [0.25, 0.3) is 0 Å². The minimum absolute atomic E-state index is 0.0556. The zero-order valence-electron chi connectivity index (χ0n) is 13.1. The first-order valence-corrected chi connectivity index (χ1v) is 6.94. The Balaban J connectivity index is 0.000000261. The van der Waals surface area contributed by atoms with Crippen molar-refractivity contribution in [2.75, 3.05) is 13.7 Å². The fraction of sp³-hybridized carbons (Fsp3) is 0.222. The number of hydrogen-bond donors (Lipinski definition) is 1. The van der Waals surface area contributed by atoms with Crippen LogP contribution in [0.5, 0.6) is 0 Å². The van der Waals surface area contributed by atoms with Gasteiger partial charge in [0.05, 0.1) is 7.11 Å². The van der Waals surface area contributed by atoms with Crippen molar-refractivity contribution in [1.82, 2.24) is 5.32 Å². The number of benzene rings is 2. The van der Waals surface area contributed by atoms with Gasteiger partial charge in [0.15, 0.2) is 0 Å². The molecule has 1 amide bonds. The van der Waals surface area contributed by atoms with Crippen molar-refractivity contribution >= 4 is 12.4 Å². The highest BCUT2D eigenvalue weighted by Gasteiger charge is 1.96. The highest BCUT2D eigenvalue weighted by molar-refractivity contribution is 5.73. The predicted molar refractivity (Wildman–Crippen MR) is 87.4 cm³/mol. The molecule has 0 radical (unpaired) electrons. The number of nitrogens with one attached hydrogen (secondary N) is 1. The molecule has 116 valence electrons.